The van der Waals surface area contributed by atoms with Gasteiger partial charge < -0.3 is 15.0 Å². The third-order valence-electron chi connectivity index (χ3n) is 4.57. The summed E-state index contributed by atoms with van der Waals surface area (Å²) >= 11 is 1.46. The van der Waals surface area contributed by atoms with E-state index in [9.17, 15) is 14.0 Å². The molecule has 1 aliphatic rings. The summed E-state index contributed by atoms with van der Waals surface area (Å²) in [6.45, 7) is 2.65. The third-order valence-corrected chi connectivity index (χ3v) is 5.77. The van der Waals surface area contributed by atoms with Crippen LogP contribution in [0.4, 0.5) is 9.39 Å². The number of rotatable bonds is 7. The number of esters is 1. The normalized spacial score (nSPS) is 13.9. The Labute approximate surface area is 162 Å². The Morgan fingerprint density at radius 2 is 2.07 bits per heavy atom. The Morgan fingerprint density at radius 3 is 2.81 bits per heavy atom. The van der Waals surface area contributed by atoms with E-state index in [1.54, 1.807) is 25.1 Å². The molecular weight excluding hydrogens is 367 g/mol. The first kappa shape index (κ1) is 19.5. The van der Waals surface area contributed by atoms with Gasteiger partial charge >= 0.3 is 5.97 Å². The highest BCUT2D eigenvalue weighted by Gasteiger charge is 2.28. The number of benzene rings is 1. The Kier molecular flexibility index (Phi) is 6.23. The lowest BCUT2D eigenvalue weighted by molar-refractivity contribution is -0.885. The number of likely N-dealkylation sites (N-methyl/N-ethyl adjacent to an activating group) is 1. The molecule has 3 rings (SSSR count). The summed E-state index contributed by atoms with van der Waals surface area (Å²) in [6.07, 6.45) is 2.80. The van der Waals surface area contributed by atoms with Crippen LogP contribution in [0.3, 0.4) is 0 Å². The van der Waals surface area contributed by atoms with E-state index >= 15 is 0 Å². The highest BCUT2D eigenvalue weighted by molar-refractivity contribution is 7.17. The number of thiophene rings is 1. The van der Waals surface area contributed by atoms with E-state index in [4.69, 9.17) is 4.74 Å². The van der Waals surface area contributed by atoms with Gasteiger partial charge in [-0.25, -0.2) is 9.18 Å². The lowest BCUT2D eigenvalue weighted by Gasteiger charge is -2.14. The van der Waals surface area contributed by atoms with Crippen molar-refractivity contribution in [1.29, 1.82) is 0 Å². The summed E-state index contributed by atoms with van der Waals surface area (Å²) in [4.78, 5) is 26.9. The number of quaternary nitrogens is 1. The maximum Gasteiger partial charge on any atom is 0.341 e. The molecule has 0 fully saturated rings. The first-order valence-corrected chi connectivity index (χ1v) is 9.97. The van der Waals surface area contributed by atoms with E-state index in [2.05, 4.69) is 5.32 Å². The average Bonchev–Trinajstić information content (AvgIpc) is 3.17. The summed E-state index contributed by atoms with van der Waals surface area (Å²) in [5, 5.41) is 3.45. The number of amides is 1. The number of halogens is 1. The number of carbonyl (C=O) groups excluding carboxylic acids is 2. The summed E-state index contributed by atoms with van der Waals surface area (Å²) in [7, 11) is 1.84. The van der Waals surface area contributed by atoms with Gasteiger partial charge in [0.25, 0.3) is 5.91 Å². The Morgan fingerprint density at radius 1 is 1.30 bits per heavy atom. The van der Waals surface area contributed by atoms with Crippen LogP contribution in [0.15, 0.2) is 24.3 Å². The number of ether oxygens (including phenoxy) is 1. The molecule has 0 bridgehead atoms. The van der Waals surface area contributed by atoms with Crippen LogP contribution in [-0.4, -0.2) is 32.1 Å². The predicted molar refractivity (Wildman–Crippen MR) is 103 cm³/mol. The number of aryl methyl sites for hydroxylation is 1. The summed E-state index contributed by atoms with van der Waals surface area (Å²) in [5.41, 5.74) is 2.10. The van der Waals surface area contributed by atoms with Crippen LogP contribution in [-0.2, 0) is 28.9 Å². The lowest BCUT2D eigenvalue weighted by atomic mass is 10.1. The fourth-order valence-electron chi connectivity index (χ4n) is 3.39. The van der Waals surface area contributed by atoms with E-state index in [1.165, 1.54) is 17.4 Å². The molecule has 0 spiro atoms. The first-order valence-electron chi connectivity index (χ1n) is 9.15. The van der Waals surface area contributed by atoms with Gasteiger partial charge in [0.05, 0.1) is 19.2 Å². The van der Waals surface area contributed by atoms with Crippen molar-refractivity contribution in [3.05, 3.63) is 51.7 Å². The number of fused-ring (bicyclic) bond motifs is 1. The smallest absolute Gasteiger partial charge is 0.341 e. The highest BCUT2D eigenvalue weighted by atomic mass is 32.1. The molecule has 5 nitrogen and oxygen atoms in total. The van der Waals surface area contributed by atoms with Crippen LogP contribution in [0.2, 0.25) is 0 Å². The molecule has 1 aromatic heterocycles. The van der Waals surface area contributed by atoms with Crippen LogP contribution >= 0.6 is 11.3 Å². The Bertz CT molecular complexity index is 850. The van der Waals surface area contributed by atoms with Crippen LogP contribution in [0, 0.1) is 5.82 Å². The van der Waals surface area contributed by atoms with Gasteiger partial charge in [-0.3, -0.25) is 4.79 Å². The van der Waals surface area contributed by atoms with Crippen LogP contribution in [0.5, 0.6) is 0 Å². The van der Waals surface area contributed by atoms with Crippen molar-refractivity contribution in [1.82, 2.24) is 0 Å². The van der Waals surface area contributed by atoms with Crippen molar-refractivity contribution in [3.63, 3.8) is 0 Å². The maximum atomic E-state index is 13.8. The fraction of sp³-hybridized carbons (Fsp3) is 0.400. The van der Waals surface area contributed by atoms with Gasteiger partial charge in [0, 0.05) is 10.4 Å². The van der Waals surface area contributed by atoms with Gasteiger partial charge in [0.15, 0.2) is 6.54 Å². The van der Waals surface area contributed by atoms with Crippen molar-refractivity contribution < 1.29 is 23.6 Å². The molecule has 0 saturated heterocycles. The van der Waals surface area contributed by atoms with Crippen molar-refractivity contribution in [2.24, 2.45) is 0 Å². The minimum Gasteiger partial charge on any atom is -0.462 e. The quantitative estimate of drug-likeness (QED) is 0.712. The molecule has 27 heavy (non-hydrogen) atoms. The van der Waals surface area contributed by atoms with Crippen molar-refractivity contribution in [2.45, 2.75) is 32.7 Å². The number of carbonyl (C=O) groups is 2. The SMILES string of the molecule is CCOC(=O)c1c(NC(=O)C[NH+](C)Cc2ccccc2F)sc2c1CCC2. The molecule has 1 atom stereocenters. The van der Waals surface area contributed by atoms with Gasteiger partial charge in [-0.15, -0.1) is 11.3 Å². The second-order valence-corrected chi connectivity index (χ2v) is 7.84. The highest BCUT2D eigenvalue weighted by Crippen LogP contribution is 2.39. The maximum absolute atomic E-state index is 13.8. The molecule has 0 aliphatic heterocycles. The third kappa shape index (κ3) is 4.54. The van der Waals surface area contributed by atoms with Gasteiger partial charge in [0.1, 0.15) is 17.4 Å². The van der Waals surface area contributed by atoms with E-state index in [1.807, 2.05) is 7.05 Å². The molecule has 1 aliphatic carbocycles. The van der Waals surface area contributed by atoms with Crippen molar-refractivity contribution in [3.8, 4) is 0 Å². The summed E-state index contributed by atoms with van der Waals surface area (Å²) < 4.78 is 19.0. The van der Waals surface area contributed by atoms with E-state index in [0.717, 1.165) is 34.6 Å². The lowest BCUT2D eigenvalue weighted by Crippen LogP contribution is -3.08. The molecule has 2 N–H and O–H groups in total. The number of hydrogen-bond donors (Lipinski definition) is 2. The minimum atomic E-state index is -0.376. The largest absolute Gasteiger partial charge is 0.462 e. The van der Waals surface area contributed by atoms with Gasteiger partial charge in [-0.2, -0.15) is 0 Å². The summed E-state index contributed by atoms with van der Waals surface area (Å²) in [6, 6.07) is 6.57. The van der Waals surface area contributed by atoms with Crippen molar-refractivity contribution >= 4 is 28.2 Å². The molecule has 7 heteroatoms. The van der Waals surface area contributed by atoms with Crippen LogP contribution in [0.1, 0.15) is 39.7 Å². The predicted octanol–water partition coefficient (Wildman–Crippen LogP) is 2.21. The Balaban J connectivity index is 1.67. The molecule has 0 radical (unpaired) electrons. The first-order chi connectivity index (χ1) is 13.0. The van der Waals surface area contributed by atoms with Gasteiger partial charge in [0.2, 0.25) is 0 Å². The summed E-state index contributed by atoms with van der Waals surface area (Å²) in [5.74, 6) is -0.842. The number of anilines is 1. The van der Waals surface area contributed by atoms with Gasteiger partial charge in [-0.1, -0.05) is 18.2 Å². The zero-order valence-corrected chi connectivity index (χ0v) is 16.4. The molecule has 1 heterocycles. The van der Waals surface area contributed by atoms with E-state index in [0.29, 0.717) is 29.3 Å². The molecule has 144 valence electrons. The standard InChI is InChI=1S/C20H23FN2O3S/c1-3-26-20(25)18-14-8-6-10-16(14)27-19(18)22-17(24)12-23(2)11-13-7-4-5-9-15(13)21/h4-5,7,9H,3,6,8,10-12H2,1-2H3,(H,22,24)/p+1. The van der Waals surface area contributed by atoms with Crippen LogP contribution < -0.4 is 10.2 Å². The Hall–Kier alpha value is -2.25. The zero-order chi connectivity index (χ0) is 19.4. The number of hydrogen-bond acceptors (Lipinski definition) is 4. The van der Waals surface area contributed by atoms with Crippen LogP contribution in [0.25, 0.3) is 0 Å². The second-order valence-electron chi connectivity index (χ2n) is 6.73. The molecule has 1 unspecified atom stereocenters. The average molecular weight is 391 g/mol. The molecule has 2 aromatic rings. The molecule has 1 amide bonds. The van der Waals surface area contributed by atoms with Gasteiger partial charge in [-0.05, 0) is 37.8 Å². The van der Waals surface area contributed by atoms with E-state index < -0.39 is 0 Å². The molecular formula is C20H24FN2O3S+. The number of nitrogens with one attached hydrogen (secondary N) is 2. The topological polar surface area (TPSA) is 59.8 Å². The van der Waals surface area contributed by atoms with E-state index in [-0.39, 0.29) is 24.2 Å². The zero-order valence-electron chi connectivity index (χ0n) is 15.6. The minimum absolute atomic E-state index is 0.180. The molecule has 0 saturated carbocycles. The van der Waals surface area contributed by atoms with Crippen molar-refractivity contribution in [2.75, 3.05) is 25.5 Å². The second kappa shape index (κ2) is 8.63. The molecule has 1 aromatic carbocycles. The fourth-order valence-corrected chi connectivity index (χ4v) is 4.68. The monoisotopic (exact) mass is 391 g/mol.